The first-order chi connectivity index (χ1) is 9.20. The number of carbonyl (C=O) groups excluding carboxylic acids is 2. The predicted octanol–water partition coefficient (Wildman–Crippen LogP) is 0.693. The highest BCUT2D eigenvalue weighted by molar-refractivity contribution is 7.15. The van der Waals surface area contributed by atoms with Crippen LogP contribution in [0.4, 0.5) is 0 Å². The van der Waals surface area contributed by atoms with Crippen molar-refractivity contribution in [2.24, 2.45) is 0 Å². The molecule has 1 fully saturated rings. The second-order valence-corrected chi connectivity index (χ2v) is 5.49. The SMILES string of the molecule is O=C(NO)c1ccc(C(=O)NCCN2CCCC2)s1. The van der Waals surface area contributed by atoms with Crippen LogP contribution in [0.15, 0.2) is 12.1 Å². The van der Waals surface area contributed by atoms with Crippen LogP contribution in [-0.2, 0) is 0 Å². The van der Waals surface area contributed by atoms with Gasteiger partial charge in [-0.25, -0.2) is 5.48 Å². The molecule has 2 heterocycles. The van der Waals surface area contributed by atoms with Crippen LogP contribution < -0.4 is 10.8 Å². The molecule has 0 spiro atoms. The molecule has 0 unspecified atom stereocenters. The maximum absolute atomic E-state index is 11.8. The Labute approximate surface area is 115 Å². The molecule has 0 aromatic carbocycles. The van der Waals surface area contributed by atoms with Crippen molar-refractivity contribution in [1.29, 1.82) is 0 Å². The van der Waals surface area contributed by atoms with Gasteiger partial charge in [0, 0.05) is 13.1 Å². The molecule has 0 bridgehead atoms. The molecule has 1 saturated heterocycles. The highest BCUT2D eigenvalue weighted by atomic mass is 32.1. The largest absolute Gasteiger partial charge is 0.350 e. The second-order valence-electron chi connectivity index (χ2n) is 4.41. The molecule has 1 aromatic rings. The first-order valence-electron chi connectivity index (χ1n) is 6.25. The molecule has 7 heteroatoms. The summed E-state index contributed by atoms with van der Waals surface area (Å²) in [7, 11) is 0. The van der Waals surface area contributed by atoms with Gasteiger partial charge in [0.25, 0.3) is 11.8 Å². The number of hydroxylamine groups is 1. The first-order valence-corrected chi connectivity index (χ1v) is 7.07. The van der Waals surface area contributed by atoms with Crippen LogP contribution in [0.5, 0.6) is 0 Å². The minimum absolute atomic E-state index is 0.179. The van der Waals surface area contributed by atoms with E-state index >= 15 is 0 Å². The zero-order valence-corrected chi connectivity index (χ0v) is 11.3. The number of carbonyl (C=O) groups is 2. The normalized spacial score (nSPS) is 15.4. The Morgan fingerprint density at radius 3 is 2.47 bits per heavy atom. The molecular weight excluding hydrogens is 266 g/mol. The topological polar surface area (TPSA) is 81.7 Å². The van der Waals surface area contributed by atoms with Gasteiger partial charge in [0.2, 0.25) is 0 Å². The van der Waals surface area contributed by atoms with Gasteiger partial charge in [-0.3, -0.25) is 14.8 Å². The van der Waals surface area contributed by atoms with Crippen LogP contribution in [0.2, 0.25) is 0 Å². The summed E-state index contributed by atoms with van der Waals surface area (Å²) < 4.78 is 0. The average molecular weight is 283 g/mol. The fourth-order valence-corrected chi connectivity index (χ4v) is 2.87. The molecule has 0 aliphatic carbocycles. The Hall–Kier alpha value is -1.44. The van der Waals surface area contributed by atoms with Crippen LogP contribution in [-0.4, -0.2) is 48.1 Å². The van der Waals surface area contributed by atoms with Gasteiger partial charge in [-0.15, -0.1) is 11.3 Å². The molecule has 1 aliphatic heterocycles. The van der Waals surface area contributed by atoms with E-state index in [1.165, 1.54) is 18.9 Å². The van der Waals surface area contributed by atoms with Crippen LogP contribution >= 0.6 is 11.3 Å². The molecule has 1 aromatic heterocycles. The summed E-state index contributed by atoms with van der Waals surface area (Å²) in [6, 6.07) is 3.10. The molecule has 0 saturated carbocycles. The third-order valence-electron chi connectivity index (χ3n) is 3.07. The number of nitrogens with one attached hydrogen (secondary N) is 2. The van der Waals surface area contributed by atoms with E-state index in [1.807, 2.05) is 0 Å². The number of hydrogen-bond donors (Lipinski definition) is 3. The summed E-state index contributed by atoms with van der Waals surface area (Å²) in [6.07, 6.45) is 2.47. The van der Waals surface area contributed by atoms with Crippen LogP contribution in [0.25, 0.3) is 0 Å². The Kier molecular flexibility index (Phi) is 4.89. The number of amides is 2. The van der Waals surface area contributed by atoms with E-state index in [1.54, 1.807) is 11.5 Å². The van der Waals surface area contributed by atoms with Crippen molar-refractivity contribution in [2.45, 2.75) is 12.8 Å². The number of hydrogen-bond acceptors (Lipinski definition) is 5. The third kappa shape index (κ3) is 3.76. The van der Waals surface area contributed by atoms with Crippen LogP contribution in [0.1, 0.15) is 32.2 Å². The zero-order chi connectivity index (χ0) is 13.7. The van der Waals surface area contributed by atoms with E-state index in [0.717, 1.165) is 31.0 Å². The second kappa shape index (κ2) is 6.65. The van der Waals surface area contributed by atoms with Gasteiger partial charge in [-0.05, 0) is 38.1 Å². The maximum atomic E-state index is 11.8. The fourth-order valence-electron chi connectivity index (χ4n) is 2.06. The molecule has 0 radical (unpaired) electrons. The fraction of sp³-hybridized carbons (Fsp3) is 0.500. The molecule has 1 aliphatic rings. The zero-order valence-electron chi connectivity index (χ0n) is 10.5. The number of thiophene rings is 1. The summed E-state index contributed by atoms with van der Waals surface area (Å²) >= 11 is 1.06. The summed E-state index contributed by atoms with van der Waals surface area (Å²) in [4.78, 5) is 26.1. The lowest BCUT2D eigenvalue weighted by atomic mass is 10.4. The quantitative estimate of drug-likeness (QED) is 0.548. The molecule has 0 atom stereocenters. The van der Waals surface area contributed by atoms with Crippen molar-refractivity contribution in [1.82, 2.24) is 15.7 Å². The first kappa shape index (κ1) is 14.0. The van der Waals surface area contributed by atoms with Gasteiger partial charge in [0.1, 0.15) is 0 Å². The Balaban J connectivity index is 1.79. The summed E-state index contributed by atoms with van der Waals surface area (Å²) in [5, 5.41) is 11.3. The monoisotopic (exact) mass is 283 g/mol. The lowest BCUT2D eigenvalue weighted by Gasteiger charge is -2.14. The van der Waals surface area contributed by atoms with Gasteiger partial charge in [0.15, 0.2) is 0 Å². The lowest BCUT2D eigenvalue weighted by Crippen LogP contribution is -2.33. The number of likely N-dealkylation sites (tertiary alicyclic amines) is 1. The van der Waals surface area contributed by atoms with E-state index in [0.29, 0.717) is 16.3 Å². The molecule has 2 rings (SSSR count). The van der Waals surface area contributed by atoms with Crippen molar-refractivity contribution in [2.75, 3.05) is 26.2 Å². The highest BCUT2D eigenvalue weighted by Gasteiger charge is 2.14. The van der Waals surface area contributed by atoms with Crippen molar-refractivity contribution in [3.63, 3.8) is 0 Å². The van der Waals surface area contributed by atoms with Crippen molar-refractivity contribution in [3.8, 4) is 0 Å². The molecule has 6 nitrogen and oxygen atoms in total. The number of rotatable bonds is 5. The summed E-state index contributed by atoms with van der Waals surface area (Å²) in [5.41, 5.74) is 1.55. The standard InChI is InChI=1S/C12H17N3O3S/c16-11(13-5-8-15-6-1-2-7-15)9-3-4-10(19-9)12(17)14-18/h3-4,18H,1-2,5-8H2,(H,13,16)(H,14,17). The smallest absolute Gasteiger partial charge is 0.284 e. The van der Waals surface area contributed by atoms with Gasteiger partial charge in [-0.1, -0.05) is 0 Å². The molecule has 104 valence electrons. The predicted molar refractivity (Wildman–Crippen MR) is 71.6 cm³/mol. The Bertz CT molecular complexity index is 455. The molecule has 19 heavy (non-hydrogen) atoms. The van der Waals surface area contributed by atoms with Crippen molar-refractivity contribution < 1.29 is 14.8 Å². The minimum Gasteiger partial charge on any atom is -0.350 e. The van der Waals surface area contributed by atoms with E-state index in [4.69, 9.17) is 5.21 Å². The van der Waals surface area contributed by atoms with Crippen LogP contribution in [0.3, 0.4) is 0 Å². The van der Waals surface area contributed by atoms with Gasteiger partial charge in [-0.2, -0.15) is 0 Å². The highest BCUT2D eigenvalue weighted by Crippen LogP contribution is 2.16. The van der Waals surface area contributed by atoms with Crippen LogP contribution in [0, 0.1) is 0 Å². The van der Waals surface area contributed by atoms with Crippen molar-refractivity contribution >= 4 is 23.2 Å². The molecular formula is C12H17N3O3S. The maximum Gasteiger partial charge on any atom is 0.284 e. The third-order valence-corrected chi connectivity index (χ3v) is 4.15. The molecule has 2 amide bonds. The summed E-state index contributed by atoms with van der Waals surface area (Å²) in [6.45, 7) is 3.69. The van der Waals surface area contributed by atoms with Crippen molar-refractivity contribution in [3.05, 3.63) is 21.9 Å². The number of nitrogens with zero attached hydrogens (tertiary/aromatic N) is 1. The lowest BCUT2D eigenvalue weighted by molar-refractivity contribution is 0.0711. The summed E-state index contributed by atoms with van der Waals surface area (Å²) in [5.74, 6) is -0.776. The van der Waals surface area contributed by atoms with E-state index in [-0.39, 0.29) is 5.91 Å². The van der Waals surface area contributed by atoms with Gasteiger partial charge in [0.05, 0.1) is 9.75 Å². The Morgan fingerprint density at radius 2 is 1.84 bits per heavy atom. The van der Waals surface area contributed by atoms with E-state index in [2.05, 4.69) is 10.2 Å². The average Bonchev–Trinajstić information content (AvgIpc) is 3.08. The van der Waals surface area contributed by atoms with E-state index < -0.39 is 5.91 Å². The minimum atomic E-state index is -0.596. The van der Waals surface area contributed by atoms with Gasteiger partial charge < -0.3 is 10.2 Å². The van der Waals surface area contributed by atoms with Gasteiger partial charge >= 0.3 is 0 Å². The Morgan fingerprint density at radius 1 is 1.21 bits per heavy atom. The molecule has 3 N–H and O–H groups in total. The van der Waals surface area contributed by atoms with E-state index in [9.17, 15) is 9.59 Å².